The van der Waals surface area contributed by atoms with Gasteiger partial charge in [-0.15, -0.1) is 0 Å². The lowest BCUT2D eigenvalue weighted by molar-refractivity contribution is -0.123. The molecule has 1 amide bonds. The number of benzene rings is 1. The molecule has 98 valence electrons. The van der Waals surface area contributed by atoms with Crippen LogP contribution in [0.25, 0.3) is 0 Å². The van der Waals surface area contributed by atoms with Crippen molar-refractivity contribution in [3.63, 3.8) is 0 Å². The Kier molecular flexibility index (Phi) is 4.66. The van der Waals surface area contributed by atoms with E-state index < -0.39 is 0 Å². The van der Waals surface area contributed by atoms with E-state index in [1.165, 1.54) is 11.1 Å². The third kappa shape index (κ3) is 3.06. The molecule has 0 aromatic heterocycles. The highest BCUT2D eigenvalue weighted by Crippen LogP contribution is 2.30. The Morgan fingerprint density at radius 1 is 1.56 bits per heavy atom. The summed E-state index contributed by atoms with van der Waals surface area (Å²) < 4.78 is 0. The highest BCUT2D eigenvalue weighted by Gasteiger charge is 2.25. The molecule has 0 fully saturated rings. The Bertz CT molecular complexity index is 422. The Balaban J connectivity index is 1.93. The lowest BCUT2D eigenvalue weighted by Crippen LogP contribution is -2.42. The van der Waals surface area contributed by atoms with Gasteiger partial charge in [0.1, 0.15) is 0 Å². The second kappa shape index (κ2) is 6.25. The molecule has 1 aliphatic carbocycles. The van der Waals surface area contributed by atoms with Gasteiger partial charge >= 0.3 is 0 Å². The van der Waals surface area contributed by atoms with Crippen molar-refractivity contribution in [3.8, 4) is 0 Å². The van der Waals surface area contributed by atoms with Crippen molar-refractivity contribution < 1.29 is 4.79 Å². The van der Waals surface area contributed by atoms with Gasteiger partial charge in [0.25, 0.3) is 0 Å². The third-order valence-electron chi connectivity index (χ3n) is 3.42. The summed E-state index contributed by atoms with van der Waals surface area (Å²) in [6.07, 6.45) is 4.79. The van der Waals surface area contributed by atoms with Gasteiger partial charge in [0.2, 0.25) is 5.91 Å². The number of hydrogen-bond donors (Lipinski definition) is 2. The van der Waals surface area contributed by atoms with Gasteiger partial charge in [0.05, 0.1) is 12.1 Å². The van der Waals surface area contributed by atoms with Crippen molar-refractivity contribution in [2.45, 2.75) is 31.3 Å². The first-order valence-corrected chi connectivity index (χ1v) is 7.74. The van der Waals surface area contributed by atoms with Crippen LogP contribution in [0.15, 0.2) is 24.3 Å². The van der Waals surface area contributed by atoms with Gasteiger partial charge in [-0.05, 0) is 42.4 Å². The Morgan fingerprint density at radius 3 is 3.11 bits per heavy atom. The minimum absolute atomic E-state index is 0.0225. The SMILES string of the molecule is CSCC[C@H](N)C(=O)NC1CCc2ccccc21. The Labute approximate surface area is 113 Å². The predicted molar refractivity (Wildman–Crippen MR) is 76.6 cm³/mol. The topological polar surface area (TPSA) is 55.1 Å². The van der Waals surface area contributed by atoms with Crippen molar-refractivity contribution >= 4 is 17.7 Å². The smallest absolute Gasteiger partial charge is 0.237 e. The number of rotatable bonds is 5. The molecular weight excluding hydrogens is 244 g/mol. The molecule has 3 nitrogen and oxygen atoms in total. The highest BCUT2D eigenvalue weighted by atomic mass is 32.2. The van der Waals surface area contributed by atoms with Gasteiger partial charge in [-0.25, -0.2) is 0 Å². The number of nitrogens with one attached hydrogen (secondary N) is 1. The van der Waals surface area contributed by atoms with Crippen LogP contribution in [0.1, 0.15) is 30.0 Å². The molecule has 0 spiro atoms. The summed E-state index contributed by atoms with van der Waals surface area (Å²) >= 11 is 1.72. The zero-order chi connectivity index (χ0) is 13.0. The van der Waals surface area contributed by atoms with Crippen LogP contribution in [0.3, 0.4) is 0 Å². The second-order valence-electron chi connectivity index (χ2n) is 4.69. The molecule has 2 rings (SSSR count). The normalized spacial score (nSPS) is 19.3. The highest BCUT2D eigenvalue weighted by molar-refractivity contribution is 7.98. The Morgan fingerprint density at radius 2 is 2.33 bits per heavy atom. The molecule has 0 saturated heterocycles. The van der Waals surface area contributed by atoms with E-state index in [9.17, 15) is 4.79 Å². The summed E-state index contributed by atoms with van der Waals surface area (Å²) in [5.41, 5.74) is 8.48. The summed E-state index contributed by atoms with van der Waals surface area (Å²) in [7, 11) is 0. The molecule has 18 heavy (non-hydrogen) atoms. The zero-order valence-corrected chi connectivity index (χ0v) is 11.5. The lowest BCUT2D eigenvalue weighted by Gasteiger charge is -2.17. The van der Waals surface area contributed by atoms with Gasteiger partial charge < -0.3 is 11.1 Å². The molecule has 0 saturated carbocycles. The average Bonchev–Trinajstić information content (AvgIpc) is 2.79. The molecule has 2 atom stereocenters. The molecule has 1 unspecified atom stereocenters. The van der Waals surface area contributed by atoms with Crippen LogP contribution in [0, 0.1) is 0 Å². The second-order valence-corrected chi connectivity index (χ2v) is 5.67. The standard InChI is InChI=1S/C14H20N2OS/c1-18-9-8-12(15)14(17)16-13-7-6-10-4-2-3-5-11(10)13/h2-5,12-13H,6-9,15H2,1H3,(H,16,17)/t12-,13?/m0/s1. The van der Waals surface area contributed by atoms with Crippen LogP contribution in [0.4, 0.5) is 0 Å². The van der Waals surface area contributed by atoms with Gasteiger partial charge in [0, 0.05) is 0 Å². The van der Waals surface area contributed by atoms with Crippen LogP contribution >= 0.6 is 11.8 Å². The molecule has 0 heterocycles. The first-order chi connectivity index (χ1) is 8.72. The fraction of sp³-hybridized carbons (Fsp3) is 0.500. The van der Waals surface area contributed by atoms with E-state index in [1.807, 2.05) is 18.4 Å². The number of carbonyl (C=O) groups is 1. The molecular formula is C14H20N2OS. The molecule has 1 aliphatic rings. The molecule has 0 aliphatic heterocycles. The summed E-state index contributed by atoms with van der Waals surface area (Å²) in [5, 5.41) is 3.07. The molecule has 0 bridgehead atoms. The quantitative estimate of drug-likeness (QED) is 0.853. The van der Waals surface area contributed by atoms with Crippen molar-refractivity contribution in [1.29, 1.82) is 0 Å². The summed E-state index contributed by atoms with van der Waals surface area (Å²) in [4.78, 5) is 12.0. The molecule has 1 aromatic rings. The van der Waals surface area contributed by atoms with E-state index in [2.05, 4.69) is 17.4 Å². The van der Waals surface area contributed by atoms with E-state index >= 15 is 0 Å². The number of fused-ring (bicyclic) bond motifs is 1. The first kappa shape index (κ1) is 13.4. The maximum atomic E-state index is 12.0. The van der Waals surface area contributed by atoms with Gasteiger partial charge in [-0.3, -0.25) is 4.79 Å². The number of aryl methyl sites for hydroxylation is 1. The number of hydrogen-bond acceptors (Lipinski definition) is 3. The minimum Gasteiger partial charge on any atom is -0.348 e. The summed E-state index contributed by atoms with van der Waals surface area (Å²) in [6.45, 7) is 0. The van der Waals surface area contributed by atoms with Gasteiger partial charge in [-0.1, -0.05) is 24.3 Å². The molecule has 4 heteroatoms. The fourth-order valence-electron chi connectivity index (χ4n) is 2.36. The van der Waals surface area contributed by atoms with Gasteiger partial charge in [0.15, 0.2) is 0 Å². The summed E-state index contributed by atoms with van der Waals surface area (Å²) in [6, 6.07) is 8.07. The van der Waals surface area contributed by atoms with Crippen LogP contribution in [0.5, 0.6) is 0 Å². The van der Waals surface area contributed by atoms with Crippen molar-refractivity contribution in [1.82, 2.24) is 5.32 Å². The van der Waals surface area contributed by atoms with E-state index in [4.69, 9.17) is 5.73 Å². The molecule has 1 aromatic carbocycles. The number of nitrogens with two attached hydrogens (primary N) is 1. The van der Waals surface area contributed by atoms with Crippen LogP contribution in [-0.2, 0) is 11.2 Å². The van der Waals surface area contributed by atoms with E-state index in [0.29, 0.717) is 0 Å². The maximum absolute atomic E-state index is 12.0. The predicted octanol–water partition coefficient (Wildman–Crippen LogP) is 1.87. The van der Waals surface area contributed by atoms with Crippen LogP contribution in [-0.4, -0.2) is 24.0 Å². The number of thioether (sulfide) groups is 1. The van der Waals surface area contributed by atoms with Crippen LogP contribution < -0.4 is 11.1 Å². The van der Waals surface area contributed by atoms with Crippen molar-refractivity contribution in [3.05, 3.63) is 35.4 Å². The Hall–Kier alpha value is -1.00. The van der Waals surface area contributed by atoms with E-state index in [0.717, 1.165) is 25.0 Å². The number of carbonyl (C=O) groups excluding carboxylic acids is 1. The van der Waals surface area contributed by atoms with E-state index in [1.54, 1.807) is 11.8 Å². The van der Waals surface area contributed by atoms with Gasteiger partial charge in [-0.2, -0.15) is 11.8 Å². The fourth-order valence-corrected chi connectivity index (χ4v) is 2.85. The number of amides is 1. The van der Waals surface area contributed by atoms with Crippen LogP contribution in [0.2, 0.25) is 0 Å². The third-order valence-corrected chi connectivity index (χ3v) is 4.06. The lowest BCUT2D eigenvalue weighted by atomic mass is 10.1. The molecule has 3 N–H and O–H groups in total. The van der Waals surface area contributed by atoms with Crippen molar-refractivity contribution in [2.75, 3.05) is 12.0 Å². The zero-order valence-electron chi connectivity index (χ0n) is 10.7. The largest absolute Gasteiger partial charge is 0.348 e. The monoisotopic (exact) mass is 264 g/mol. The first-order valence-electron chi connectivity index (χ1n) is 6.35. The van der Waals surface area contributed by atoms with E-state index in [-0.39, 0.29) is 18.0 Å². The molecule has 0 radical (unpaired) electrons. The minimum atomic E-state index is -0.384. The average molecular weight is 264 g/mol. The maximum Gasteiger partial charge on any atom is 0.237 e. The summed E-state index contributed by atoms with van der Waals surface area (Å²) in [5.74, 6) is 0.904. The van der Waals surface area contributed by atoms with Crippen molar-refractivity contribution in [2.24, 2.45) is 5.73 Å².